The van der Waals surface area contributed by atoms with Crippen LogP contribution in [0.1, 0.15) is 25.5 Å². The first-order chi connectivity index (χ1) is 3.80. The average Bonchev–Trinajstić information content (AvgIpc) is 2.12. The second kappa shape index (κ2) is 3.73. The van der Waals surface area contributed by atoms with Gasteiger partial charge >= 0.3 is 19.5 Å². The molecule has 0 atom stereocenters. The summed E-state index contributed by atoms with van der Waals surface area (Å²) in [5.41, 5.74) is 0.963. The van der Waals surface area contributed by atoms with Crippen LogP contribution in [0, 0.1) is 0 Å². The summed E-state index contributed by atoms with van der Waals surface area (Å²) >= 11 is 0. The van der Waals surface area contributed by atoms with Crippen molar-refractivity contribution in [2.45, 2.75) is 19.8 Å². The van der Waals surface area contributed by atoms with Gasteiger partial charge in [0.25, 0.3) is 0 Å². The summed E-state index contributed by atoms with van der Waals surface area (Å²) in [6, 6.07) is 0. The van der Waals surface area contributed by atoms with E-state index in [4.69, 9.17) is 0 Å². The van der Waals surface area contributed by atoms with Gasteiger partial charge in [-0.1, -0.05) is 20.0 Å². The van der Waals surface area contributed by atoms with Crippen molar-refractivity contribution < 1.29 is 19.5 Å². The van der Waals surface area contributed by atoms with E-state index in [-0.39, 0.29) is 19.5 Å². The van der Waals surface area contributed by atoms with Crippen LogP contribution in [0.4, 0.5) is 0 Å². The Hall–Kier alpha value is -0.237. The molecule has 3 nitrogen and oxygen atoms in total. The maximum Gasteiger partial charge on any atom is 1.00 e. The Balaban J connectivity index is 0.000000640. The molecule has 4 heteroatoms. The third-order valence-electron chi connectivity index (χ3n) is 0.993. The topological polar surface area (TPSA) is 39.9 Å². The average molecular weight is 211 g/mol. The summed E-state index contributed by atoms with van der Waals surface area (Å²) in [6.45, 7) is 4.12. The van der Waals surface area contributed by atoms with E-state index < -0.39 is 0 Å². The van der Waals surface area contributed by atoms with Crippen molar-refractivity contribution in [2.75, 3.05) is 0 Å². The Morgan fingerprint density at radius 3 is 2.44 bits per heavy atom. The van der Waals surface area contributed by atoms with Gasteiger partial charge in [-0.05, 0) is 11.6 Å². The summed E-state index contributed by atoms with van der Waals surface area (Å²) < 4.78 is 0. The van der Waals surface area contributed by atoms with Crippen LogP contribution in [-0.2, 0) is 19.5 Å². The van der Waals surface area contributed by atoms with Gasteiger partial charge in [-0.3, -0.25) is 5.21 Å². The second-order valence-electron chi connectivity index (χ2n) is 2.01. The maximum absolute atomic E-state index is 3.75. The fraction of sp³-hybridized carbons (Fsp3) is 0.600. The van der Waals surface area contributed by atoms with Gasteiger partial charge in [0.1, 0.15) is 0 Å². The maximum atomic E-state index is 3.75. The molecule has 0 bridgehead atoms. The molecule has 1 aromatic rings. The molecule has 0 amide bonds. The molecule has 1 heterocycles. The third-order valence-corrected chi connectivity index (χ3v) is 0.993. The first-order valence-corrected chi connectivity index (χ1v) is 2.61. The van der Waals surface area contributed by atoms with Crippen LogP contribution < -0.4 is 5.10 Å². The van der Waals surface area contributed by atoms with Crippen LogP contribution >= 0.6 is 0 Å². The molecule has 0 N–H and O–H groups in total. The van der Waals surface area contributed by atoms with Crippen molar-refractivity contribution in [3.63, 3.8) is 0 Å². The molecule has 1 radical (unpaired) electrons. The van der Waals surface area contributed by atoms with E-state index in [2.05, 4.69) is 29.3 Å². The van der Waals surface area contributed by atoms with Crippen molar-refractivity contribution in [1.29, 1.82) is 0 Å². The van der Waals surface area contributed by atoms with Crippen molar-refractivity contribution >= 4 is 0 Å². The summed E-state index contributed by atoms with van der Waals surface area (Å²) in [5.74, 6) is 0.449. The number of hydrogen-bond acceptors (Lipinski definition) is 2. The van der Waals surface area contributed by atoms with E-state index in [9.17, 15) is 0 Å². The van der Waals surface area contributed by atoms with Gasteiger partial charge in [0.15, 0.2) is 0 Å². The summed E-state index contributed by atoms with van der Waals surface area (Å²) in [6.07, 6.45) is 1.69. The molecule has 0 aromatic carbocycles. The van der Waals surface area contributed by atoms with Gasteiger partial charge in [0, 0.05) is 0 Å². The molecule has 0 unspecified atom stereocenters. The molecule has 0 aliphatic carbocycles. The Bertz CT molecular complexity index is 147. The van der Waals surface area contributed by atoms with Crippen LogP contribution in [0.15, 0.2) is 6.20 Å². The van der Waals surface area contributed by atoms with Gasteiger partial charge in [-0.15, -0.1) is 0 Å². The first-order valence-electron chi connectivity index (χ1n) is 2.61. The first kappa shape index (κ1) is 8.76. The molecule has 51 valence electrons. The largest absolute Gasteiger partial charge is 1.00 e. The zero-order chi connectivity index (χ0) is 5.98. The molecule has 0 saturated heterocycles. The minimum Gasteiger partial charge on any atom is -0.358 e. The summed E-state index contributed by atoms with van der Waals surface area (Å²) in [4.78, 5) is 0. The van der Waals surface area contributed by atoms with Crippen molar-refractivity contribution in [3.05, 3.63) is 11.9 Å². The number of hydrogen-bond donors (Lipinski definition) is 0. The van der Waals surface area contributed by atoms with E-state index in [1.807, 2.05) is 0 Å². The fourth-order valence-electron chi connectivity index (χ4n) is 0.453. The van der Waals surface area contributed by atoms with Crippen molar-refractivity contribution in [1.82, 2.24) is 15.4 Å². The second-order valence-corrected chi connectivity index (χ2v) is 2.01. The quantitative estimate of drug-likeness (QED) is 0.637. The Morgan fingerprint density at radius 2 is 2.22 bits per heavy atom. The van der Waals surface area contributed by atoms with E-state index in [0.717, 1.165) is 5.69 Å². The Morgan fingerprint density at radius 1 is 1.56 bits per heavy atom. The van der Waals surface area contributed by atoms with E-state index >= 15 is 0 Å². The third kappa shape index (κ3) is 2.23. The van der Waals surface area contributed by atoms with E-state index in [1.165, 1.54) is 0 Å². The molecule has 0 saturated carbocycles. The molecule has 0 aliphatic rings. The molecule has 0 aliphatic heterocycles. The number of aromatic nitrogens is 3. The zero-order valence-corrected chi connectivity index (χ0v) is 7.09. The minimum absolute atomic E-state index is 0. The molecule has 1 rings (SSSR count). The SMILES string of the molecule is CC(C)c1c[n-]nn1.[Ru+]. The van der Waals surface area contributed by atoms with Crippen LogP contribution in [-0.4, -0.2) is 10.3 Å². The zero-order valence-electron chi connectivity index (χ0n) is 5.35. The molecular formula is C5H8N3Ru. The predicted molar refractivity (Wildman–Crippen MR) is 29.4 cm³/mol. The van der Waals surface area contributed by atoms with Gasteiger partial charge in [-0.2, -0.15) is 0 Å². The van der Waals surface area contributed by atoms with E-state index in [0.29, 0.717) is 5.92 Å². The molecule has 1 aromatic heterocycles. The molecule has 0 fully saturated rings. The Kier molecular flexibility index (Phi) is 3.63. The molecule has 0 spiro atoms. The van der Waals surface area contributed by atoms with Crippen molar-refractivity contribution in [3.8, 4) is 0 Å². The molecular weight excluding hydrogens is 203 g/mol. The van der Waals surface area contributed by atoms with Crippen LogP contribution in [0.2, 0.25) is 0 Å². The van der Waals surface area contributed by atoms with Gasteiger partial charge in [-0.25, -0.2) is 0 Å². The predicted octanol–water partition coefficient (Wildman–Crippen LogP) is 0.555. The summed E-state index contributed by atoms with van der Waals surface area (Å²) in [7, 11) is 0. The monoisotopic (exact) mass is 212 g/mol. The normalized spacial score (nSPS) is 9.22. The minimum atomic E-state index is 0. The van der Waals surface area contributed by atoms with Gasteiger partial charge < -0.3 is 10.2 Å². The molecule has 9 heavy (non-hydrogen) atoms. The van der Waals surface area contributed by atoms with Gasteiger partial charge in [0.2, 0.25) is 0 Å². The van der Waals surface area contributed by atoms with Crippen LogP contribution in [0.3, 0.4) is 0 Å². The summed E-state index contributed by atoms with van der Waals surface area (Å²) in [5, 5.41) is 10.8. The van der Waals surface area contributed by atoms with Gasteiger partial charge in [0.05, 0.1) is 0 Å². The van der Waals surface area contributed by atoms with E-state index in [1.54, 1.807) is 6.20 Å². The number of rotatable bonds is 1. The standard InChI is InChI=1S/C5H8N3.Ru/c1-4(2)5-3-6-8-7-5;/h3-4H,1-2H3;/q-1;+1. The fourth-order valence-corrected chi connectivity index (χ4v) is 0.453. The van der Waals surface area contributed by atoms with Crippen LogP contribution in [0.25, 0.3) is 0 Å². The number of nitrogens with zero attached hydrogens (tertiary/aromatic N) is 3. The smallest absolute Gasteiger partial charge is 0.358 e. The van der Waals surface area contributed by atoms with Crippen LogP contribution in [0.5, 0.6) is 0 Å². The Labute approximate surface area is 67.0 Å². The van der Waals surface area contributed by atoms with Crippen molar-refractivity contribution in [2.24, 2.45) is 0 Å².